The van der Waals surface area contributed by atoms with Gasteiger partial charge in [0.15, 0.2) is 0 Å². The van der Waals surface area contributed by atoms with E-state index in [1.807, 2.05) is 0 Å². The molecule has 9 heteroatoms. The standard InChI is InChI=1S/C28H30O9/c1-6-25(29)37-22-10-7-20(8-11-22)23-12-9-21(28(32)36-16-15-35-27(31)19(4)5)17-24(23)33-13-14-34-26(30)18(2)3/h7-12,17H,2,4,6,13-16H2,1,3,5H3. The summed E-state index contributed by atoms with van der Waals surface area (Å²) < 4.78 is 26.2. The van der Waals surface area contributed by atoms with Gasteiger partial charge in [0.25, 0.3) is 0 Å². The summed E-state index contributed by atoms with van der Waals surface area (Å²) in [5.74, 6) is -1.36. The molecule has 0 aromatic heterocycles. The van der Waals surface area contributed by atoms with E-state index in [-0.39, 0.29) is 55.5 Å². The zero-order chi connectivity index (χ0) is 27.4. The molecule has 0 atom stereocenters. The first-order valence-corrected chi connectivity index (χ1v) is 11.5. The van der Waals surface area contributed by atoms with Gasteiger partial charge in [0.2, 0.25) is 0 Å². The molecule has 0 heterocycles. The van der Waals surface area contributed by atoms with Gasteiger partial charge in [-0.15, -0.1) is 0 Å². The third-order valence-electron chi connectivity index (χ3n) is 4.72. The van der Waals surface area contributed by atoms with Crippen LogP contribution in [0.3, 0.4) is 0 Å². The van der Waals surface area contributed by atoms with E-state index in [0.29, 0.717) is 17.1 Å². The van der Waals surface area contributed by atoms with E-state index >= 15 is 0 Å². The van der Waals surface area contributed by atoms with Gasteiger partial charge in [-0.3, -0.25) is 4.79 Å². The second-order valence-corrected chi connectivity index (χ2v) is 7.88. The summed E-state index contributed by atoms with van der Waals surface area (Å²) in [6.45, 7) is 11.5. The van der Waals surface area contributed by atoms with Gasteiger partial charge in [-0.25, -0.2) is 14.4 Å². The minimum atomic E-state index is -0.640. The topological polar surface area (TPSA) is 114 Å². The Bertz CT molecular complexity index is 1160. The molecule has 0 saturated carbocycles. The third-order valence-corrected chi connectivity index (χ3v) is 4.72. The van der Waals surface area contributed by atoms with E-state index in [0.717, 1.165) is 5.56 Å². The summed E-state index contributed by atoms with van der Waals surface area (Å²) >= 11 is 0. The lowest BCUT2D eigenvalue weighted by Crippen LogP contribution is -2.15. The Morgan fingerprint density at radius 1 is 0.757 bits per heavy atom. The molecule has 0 N–H and O–H groups in total. The van der Waals surface area contributed by atoms with Crippen molar-refractivity contribution >= 4 is 23.9 Å². The second-order valence-electron chi connectivity index (χ2n) is 7.88. The fourth-order valence-corrected chi connectivity index (χ4v) is 2.80. The average Bonchev–Trinajstić information content (AvgIpc) is 2.88. The van der Waals surface area contributed by atoms with Crippen LogP contribution in [0.25, 0.3) is 11.1 Å². The Hall–Kier alpha value is -4.40. The molecular weight excluding hydrogens is 480 g/mol. The highest BCUT2D eigenvalue weighted by Crippen LogP contribution is 2.32. The zero-order valence-electron chi connectivity index (χ0n) is 21.2. The lowest BCUT2D eigenvalue weighted by molar-refractivity contribution is -0.140. The van der Waals surface area contributed by atoms with Crippen LogP contribution in [0.4, 0.5) is 0 Å². The summed E-state index contributed by atoms with van der Waals surface area (Å²) in [6.07, 6.45) is 0.254. The Kier molecular flexibility index (Phi) is 11.1. The highest BCUT2D eigenvalue weighted by molar-refractivity contribution is 5.91. The Morgan fingerprint density at radius 3 is 1.89 bits per heavy atom. The largest absolute Gasteiger partial charge is 0.489 e. The predicted octanol–water partition coefficient (Wildman–Crippen LogP) is 4.44. The number of rotatable bonds is 13. The number of carbonyl (C=O) groups excluding carboxylic acids is 4. The maximum atomic E-state index is 12.5. The molecule has 0 amide bonds. The van der Waals surface area contributed by atoms with Crippen LogP contribution in [0.15, 0.2) is 66.8 Å². The van der Waals surface area contributed by atoms with Crippen LogP contribution < -0.4 is 9.47 Å². The molecule has 0 radical (unpaired) electrons. The number of esters is 4. The van der Waals surface area contributed by atoms with Crippen LogP contribution in [0, 0.1) is 0 Å². The fourth-order valence-electron chi connectivity index (χ4n) is 2.80. The molecule has 0 bridgehead atoms. The Morgan fingerprint density at radius 2 is 1.32 bits per heavy atom. The van der Waals surface area contributed by atoms with Gasteiger partial charge in [0.05, 0.1) is 5.56 Å². The fraction of sp³-hybridized carbons (Fsp3) is 0.286. The number of carbonyl (C=O) groups is 4. The maximum Gasteiger partial charge on any atom is 0.338 e. The monoisotopic (exact) mass is 510 g/mol. The van der Waals surface area contributed by atoms with Crippen molar-refractivity contribution in [2.75, 3.05) is 26.4 Å². The van der Waals surface area contributed by atoms with E-state index in [4.69, 9.17) is 23.7 Å². The van der Waals surface area contributed by atoms with Crippen LogP contribution in [0.1, 0.15) is 37.6 Å². The van der Waals surface area contributed by atoms with Crippen molar-refractivity contribution in [1.82, 2.24) is 0 Å². The van der Waals surface area contributed by atoms with Crippen LogP contribution in [-0.2, 0) is 28.6 Å². The van der Waals surface area contributed by atoms with Gasteiger partial charge in [-0.1, -0.05) is 32.2 Å². The van der Waals surface area contributed by atoms with Crippen molar-refractivity contribution in [1.29, 1.82) is 0 Å². The van der Waals surface area contributed by atoms with E-state index < -0.39 is 17.9 Å². The van der Waals surface area contributed by atoms with Crippen LogP contribution in [0.2, 0.25) is 0 Å². The molecule has 196 valence electrons. The number of hydrogen-bond acceptors (Lipinski definition) is 9. The maximum absolute atomic E-state index is 12.5. The van der Waals surface area contributed by atoms with Crippen molar-refractivity contribution in [3.05, 3.63) is 72.3 Å². The SMILES string of the molecule is C=C(C)C(=O)OCCOC(=O)c1ccc(-c2ccc(OC(=O)CC)cc2)c(OCCOC(=O)C(=C)C)c1. The molecule has 0 fully saturated rings. The number of hydrogen-bond donors (Lipinski definition) is 0. The first-order valence-electron chi connectivity index (χ1n) is 11.5. The summed E-state index contributed by atoms with van der Waals surface area (Å²) in [5.41, 5.74) is 2.10. The zero-order valence-corrected chi connectivity index (χ0v) is 21.2. The molecule has 0 unspecified atom stereocenters. The Labute approximate surface area is 215 Å². The van der Waals surface area contributed by atoms with E-state index in [2.05, 4.69) is 13.2 Å². The molecule has 37 heavy (non-hydrogen) atoms. The van der Waals surface area contributed by atoms with Crippen molar-refractivity contribution in [3.8, 4) is 22.6 Å². The molecular formula is C28H30O9. The highest BCUT2D eigenvalue weighted by Gasteiger charge is 2.15. The van der Waals surface area contributed by atoms with Gasteiger partial charge < -0.3 is 23.7 Å². The van der Waals surface area contributed by atoms with E-state index in [1.165, 1.54) is 19.9 Å². The first kappa shape index (κ1) is 28.8. The van der Waals surface area contributed by atoms with E-state index in [1.54, 1.807) is 43.3 Å². The third kappa shape index (κ3) is 9.29. The normalized spacial score (nSPS) is 10.1. The summed E-state index contributed by atoms with van der Waals surface area (Å²) in [6, 6.07) is 11.5. The van der Waals surface area contributed by atoms with Gasteiger partial charge >= 0.3 is 23.9 Å². The van der Waals surface area contributed by atoms with Crippen molar-refractivity contribution < 1.29 is 42.9 Å². The van der Waals surface area contributed by atoms with Crippen LogP contribution in [-0.4, -0.2) is 50.3 Å². The van der Waals surface area contributed by atoms with Gasteiger partial charge in [-0.2, -0.15) is 0 Å². The smallest absolute Gasteiger partial charge is 0.338 e. The molecule has 0 aliphatic rings. The molecule has 0 saturated heterocycles. The van der Waals surface area contributed by atoms with Gasteiger partial charge in [-0.05, 0) is 49.7 Å². The quantitative estimate of drug-likeness (QED) is 0.127. The first-order chi connectivity index (χ1) is 17.6. The van der Waals surface area contributed by atoms with Gasteiger partial charge in [0.1, 0.15) is 37.9 Å². The molecule has 0 aliphatic heterocycles. The summed E-state index contributed by atoms with van der Waals surface area (Å²) in [7, 11) is 0. The molecule has 9 nitrogen and oxygen atoms in total. The molecule has 2 aromatic carbocycles. The average molecular weight is 511 g/mol. The van der Waals surface area contributed by atoms with E-state index in [9.17, 15) is 19.2 Å². The minimum absolute atomic E-state index is 0.0214. The molecule has 2 rings (SSSR count). The second kappa shape index (κ2) is 14.2. The number of ether oxygens (including phenoxy) is 5. The van der Waals surface area contributed by atoms with Gasteiger partial charge in [0, 0.05) is 23.1 Å². The minimum Gasteiger partial charge on any atom is -0.489 e. The highest BCUT2D eigenvalue weighted by atomic mass is 16.6. The predicted molar refractivity (Wildman–Crippen MR) is 135 cm³/mol. The van der Waals surface area contributed by atoms with Crippen molar-refractivity contribution in [2.24, 2.45) is 0 Å². The van der Waals surface area contributed by atoms with Crippen molar-refractivity contribution in [2.45, 2.75) is 27.2 Å². The van der Waals surface area contributed by atoms with Crippen LogP contribution in [0.5, 0.6) is 11.5 Å². The van der Waals surface area contributed by atoms with Crippen LogP contribution >= 0.6 is 0 Å². The number of benzene rings is 2. The summed E-state index contributed by atoms with van der Waals surface area (Å²) in [5, 5.41) is 0. The molecule has 0 spiro atoms. The molecule has 2 aromatic rings. The lowest BCUT2D eigenvalue weighted by Gasteiger charge is -2.14. The Balaban J connectivity index is 2.17. The lowest BCUT2D eigenvalue weighted by atomic mass is 10.0. The molecule has 0 aliphatic carbocycles. The summed E-state index contributed by atoms with van der Waals surface area (Å²) in [4.78, 5) is 47.1. The van der Waals surface area contributed by atoms with Crippen molar-refractivity contribution in [3.63, 3.8) is 0 Å².